The molecule has 0 aromatic carbocycles. The monoisotopic (exact) mass is 207 g/mol. The van der Waals surface area contributed by atoms with E-state index in [9.17, 15) is 4.79 Å². The van der Waals surface area contributed by atoms with Gasteiger partial charge in [-0.2, -0.15) is 5.10 Å². The van der Waals surface area contributed by atoms with Crippen molar-refractivity contribution >= 4 is 12.2 Å². The van der Waals surface area contributed by atoms with Crippen molar-refractivity contribution in [3.05, 3.63) is 11.6 Å². The van der Waals surface area contributed by atoms with E-state index in [2.05, 4.69) is 30.5 Å². The first-order chi connectivity index (χ1) is 7.01. The van der Waals surface area contributed by atoms with Crippen LogP contribution in [-0.4, -0.2) is 12.2 Å². The van der Waals surface area contributed by atoms with Gasteiger partial charge in [-0.25, -0.2) is 10.2 Å². The van der Waals surface area contributed by atoms with Crippen LogP contribution < -0.4 is 11.2 Å². The standard InChI is InChI=1S/C11H17N3O/c1-11(2)8-4-3-7(9(11)5-8)6-13-14-10(12)15/h3,6,8-9H,4-5H2,1-2H3,(H3,12,14,15)/b13-6+. The van der Waals surface area contributed by atoms with Gasteiger partial charge in [0.2, 0.25) is 0 Å². The van der Waals surface area contributed by atoms with Crippen LogP contribution in [0.3, 0.4) is 0 Å². The molecule has 0 radical (unpaired) electrons. The largest absolute Gasteiger partial charge is 0.350 e. The van der Waals surface area contributed by atoms with Gasteiger partial charge < -0.3 is 5.73 Å². The summed E-state index contributed by atoms with van der Waals surface area (Å²) in [6.07, 6.45) is 6.33. The second-order valence-electron chi connectivity index (χ2n) is 4.98. The molecule has 2 bridgehead atoms. The molecule has 2 amide bonds. The van der Waals surface area contributed by atoms with E-state index in [0.29, 0.717) is 11.3 Å². The molecule has 3 N–H and O–H groups in total. The summed E-state index contributed by atoms with van der Waals surface area (Å²) in [5, 5.41) is 3.82. The highest BCUT2D eigenvalue weighted by molar-refractivity contribution is 5.82. The van der Waals surface area contributed by atoms with E-state index in [4.69, 9.17) is 5.73 Å². The Labute approximate surface area is 89.6 Å². The molecule has 3 aliphatic rings. The molecule has 2 atom stereocenters. The fourth-order valence-corrected chi connectivity index (χ4v) is 2.72. The smallest absolute Gasteiger partial charge is 0.332 e. The number of nitrogens with one attached hydrogen (secondary N) is 1. The van der Waals surface area contributed by atoms with Crippen LogP contribution in [-0.2, 0) is 0 Å². The van der Waals surface area contributed by atoms with Gasteiger partial charge in [-0.1, -0.05) is 19.9 Å². The van der Waals surface area contributed by atoms with E-state index in [1.165, 1.54) is 12.0 Å². The van der Waals surface area contributed by atoms with Gasteiger partial charge in [0, 0.05) is 0 Å². The van der Waals surface area contributed by atoms with Crippen LogP contribution in [0.2, 0.25) is 0 Å². The Morgan fingerprint density at radius 2 is 2.47 bits per heavy atom. The maximum absolute atomic E-state index is 10.4. The van der Waals surface area contributed by atoms with Crippen LogP contribution in [0.4, 0.5) is 4.79 Å². The molecule has 0 heterocycles. The fourth-order valence-electron chi connectivity index (χ4n) is 2.72. The minimum atomic E-state index is -0.617. The highest BCUT2D eigenvalue weighted by Crippen LogP contribution is 2.58. The molecule has 15 heavy (non-hydrogen) atoms. The number of urea groups is 1. The van der Waals surface area contributed by atoms with Gasteiger partial charge in [0.25, 0.3) is 0 Å². The number of carbonyl (C=O) groups is 1. The van der Waals surface area contributed by atoms with Crippen molar-refractivity contribution in [1.29, 1.82) is 0 Å². The number of rotatable bonds is 2. The Morgan fingerprint density at radius 3 is 3.00 bits per heavy atom. The molecule has 4 heteroatoms. The van der Waals surface area contributed by atoms with Crippen LogP contribution in [0.1, 0.15) is 26.7 Å². The van der Waals surface area contributed by atoms with Crippen LogP contribution in [0.5, 0.6) is 0 Å². The summed E-state index contributed by atoms with van der Waals surface area (Å²) < 4.78 is 0. The molecule has 3 aliphatic carbocycles. The number of nitrogens with two attached hydrogens (primary N) is 1. The minimum Gasteiger partial charge on any atom is -0.350 e. The second-order valence-corrected chi connectivity index (χ2v) is 4.98. The van der Waals surface area contributed by atoms with Gasteiger partial charge in [-0.05, 0) is 35.7 Å². The van der Waals surface area contributed by atoms with Gasteiger partial charge >= 0.3 is 6.03 Å². The Bertz CT molecular complexity index is 344. The molecule has 1 fully saturated rings. The van der Waals surface area contributed by atoms with Crippen molar-refractivity contribution in [2.24, 2.45) is 28.1 Å². The molecule has 3 rings (SSSR count). The lowest BCUT2D eigenvalue weighted by molar-refractivity contribution is -0.00126. The Kier molecular flexibility index (Phi) is 2.29. The van der Waals surface area contributed by atoms with E-state index in [-0.39, 0.29) is 0 Å². The van der Waals surface area contributed by atoms with E-state index in [0.717, 1.165) is 12.3 Å². The zero-order valence-corrected chi connectivity index (χ0v) is 9.16. The number of primary amides is 1. The summed E-state index contributed by atoms with van der Waals surface area (Å²) in [4.78, 5) is 10.4. The van der Waals surface area contributed by atoms with Gasteiger partial charge in [0.15, 0.2) is 0 Å². The zero-order valence-electron chi connectivity index (χ0n) is 9.16. The Balaban J connectivity index is 2.02. The molecular weight excluding hydrogens is 190 g/mol. The molecule has 0 saturated heterocycles. The van der Waals surface area contributed by atoms with Crippen molar-refractivity contribution in [2.75, 3.05) is 0 Å². The lowest BCUT2D eigenvalue weighted by Gasteiger charge is -2.55. The van der Waals surface area contributed by atoms with Crippen molar-refractivity contribution in [3.8, 4) is 0 Å². The number of hydrogen-bond acceptors (Lipinski definition) is 2. The lowest BCUT2D eigenvalue weighted by atomic mass is 9.49. The second kappa shape index (κ2) is 3.36. The number of allylic oxidation sites excluding steroid dienone is 2. The van der Waals surface area contributed by atoms with Gasteiger partial charge in [0.05, 0.1) is 6.21 Å². The maximum Gasteiger partial charge on any atom is 0.332 e. The minimum absolute atomic E-state index is 0.392. The molecule has 0 aromatic rings. The molecule has 4 nitrogen and oxygen atoms in total. The molecule has 82 valence electrons. The molecule has 0 aromatic heterocycles. The topological polar surface area (TPSA) is 67.5 Å². The summed E-state index contributed by atoms with van der Waals surface area (Å²) >= 11 is 0. The lowest BCUT2D eigenvalue weighted by Crippen LogP contribution is -2.48. The van der Waals surface area contributed by atoms with Gasteiger partial charge in [-0.3, -0.25) is 0 Å². The fraction of sp³-hybridized carbons (Fsp3) is 0.636. The SMILES string of the molecule is CC1(C)C2CC=C(/C=N/NC(N)=O)C1C2. The summed E-state index contributed by atoms with van der Waals surface area (Å²) in [5.74, 6) is 1.42. The molecule has 0 spiro atoms. The summed E-state index contributed by atoms with van der Waals surface area (Å²) in [7, 11) is 0. The molecular formula is C11H17N3O. The normalized spacial score (nSPS) is 32.0. The van der Waals surface area contributed by atoms with Crippen LogP contribution in [0, 0.1) is 17.3 Å². The van der Waals surface area contributed by atoms with Crippen molar-refractivity contribution < 1.29 is 4.79 Å². The zero-order chi connectivity index (χ0) is 11.1. The van der Waals surface area contributed by atoms with Crippen molar-refractivity contribution in [1.82, 2.24) is 5.43 Å². The average Bonchev–Trinajstić information content (AvgIpc) is 2.17. The first-order valence-electron chi connectivity index (χ1n) is 5.30. The van der Waals surface area contributed by atoms with Crippen LogP contribution >= 0.6 is 0 Å². The number of amides is 2. The summed E-state index contributed by atoms with van der Waals surface area (Å²) in [5.41, 5.74) is 8.77. The number of hydrogen-bond donors (Lipinski definition) is 2. The van der Waals surface area contributed by atoms with E-state index in [1.54, 1.807) is 6.21 Å². The third-order valence-electron chi connectivity index (χ3n) is 3.90. The number of fused-ring (bicyclic) bond motifs is 1. The van der Waals surface area contributed by atoms with E-state index < -0.39 is 6.03 Å². The molecule has 0 aliphatic heterocycles. The summed E-state index contributed by atoms with van der Waals surface area (Å²) in [6.45, 7) is 4.60. The molecule has 2 unspecified atom stereocenters. The van der Waals surface area contributed by atoms with Crippen molar-refractivity contribution in [3.63, 3.8) is 0 Å². The number of carbonyl (C=O) groups excluding carboxylic acids is 1. The number of hydrazone groups is 1. The van der Waals surface area contributed by atoms with Crippen LogP contribution in [0.15, 0.2) is 16.8 Å². The predicted molar refractivity (Wildman–Crippen MR) is 59.3 cm³/mol. The maximum atomic E-state index is 10.4. The van der Waals surface area contributed by atoms with Gasteiger partial charge in [0.1, 0.15) is 0 Å². The number of nitrogens with zero attached hydrogens (tertiary/aromatic N) is 1. The van der Waals surface area contributed by atoms with Gasteiger partial charge in [-0.15, -0.1) is 0 Å². The summed E-state index contributed by atoms with van der Waals surface area (Å²) in [6, 6.07) is -0.617. The quantitative estimate of drug-likeness (QED) is 0.524. The predicted octanol–water partition coefficient (Wildman–Crippen LogP) is 1.63. The van der Waals surface area contributed by atoms with Crippen LogP contribution in [0.25, 0.3) is 0 Å². The third-order valence-corrected chi connectivity index (χ3v) is 3.90. The van der Waals surface area contributed by atoms with Crippen molar-refractivity contribution in [2.45, 2.75) is 26.7 Å². The van der Waals surface area contributed by atoms with E-state index >= 15 is 0 Å². The average molecular weight is 207 g/mol. The highest BCUT2D eigenvalue weighted by atomic mass is 16.2. The Morgan fingerprint density at radius 1 is 1.73 bits per heavy atom. The third kappa shape index (κ3) is 1.64. The first-order valence-corrected chi connectivity index (χ1v) is 5.30. The molecule has 1 saturated carbocycles. The van der Waals surface area contributed by atoms with E-state index in [1.807, 2.05) is 0 Å². The first kappa shape index (κ1) is 10.2. The highest BCUT2D eigenvalue weighted by Gasteiger charge is 2.50. The Hall–Kier alpha value is -1.32.